The quantitative estimate of drug-likeness (QED) is 0.746. The number of para-hydroxylation sites is 1. The van der Waals surface area contributed by atoms with E-state index in [-0.39, 0.29) is 12.0 Å². The van der Waals surface area contributed by atoms with Crippen LogP contribution in [-0.4, -0.2) is 48.0 Å². The Labute approximate surface area is 172 Å². The highest BCUT2D eigenvalue weighted by Crippen LogP contribution is 2.26. The zero-order chi connectivity index (χ0) is 21.1. The molecule has 6 nitrogen and oxygen atoms in total. The number of aromatic amines is 1. The highest BCUT2D eigenvalue weighted by molar-refractivity contribution is 6.00. The second-order valence-corrected chi connectivity index (χ2v) is 8.06. The Morgan fingerprint density at radius 3 is 2.48 bits per heavy atom. The van der Waals surface area contributed by atoms with Crippen molar-refractivity contribution in [1.29, 1.82) is 0 Å². The predicted octanol–water partition coefficient (Wildman–Crippen LogP) is 4.07. The van der Waals surface area contributed by atoms with Crippen molar-refractivity contribution in [3.05, 3.63) is 52.3 Å². The minimum atomic E-state index is -0.396. The van der Waals surface area contributed by atoms with Crippen LogP contribution in [0.2, 0.25) is 0 Å². The molecule has 3 rings (SSSR count). The van der Waals surface area contributed by atoms with Gasteiger partial charge in [0.05, 0.1) is 11.7 Å². The van der Waals surface area contributed by atoms with E-state index in [9.17, 15) is 9.59 Å². The molecule has 0 unspecified atom stereocenters. The molecule has 0 atom stereocenters. The van der Waals surface area contributed by atoms with Gasteiger partial charge >= 0.3 is 5.97 Å². The third-order valence-electron chi connectivity index (χ3n) is 5.39. The summed E-state index contributed by atoms with van der Waals surface area (Å²) in [6.45, 7) is 9.84. The van der Waals surface area contributed by atoms with Crippen molar-refractivity contribution >= 4 is 17.6 Å². The number of esters is 1. The number of H-pyrrole nitrogens is 1. The molecule has 2 aromatic rings. The van der Waals surface area contributed by atoms with Gasteiger partial charge in [-0.3, -0.25) is 4.79 Å². The van der Waals surface area contributed by atoms with Crippen LogP contribution < -0.4 is 4.90 Å². The van der Waals surface area contributed by atoms with Gasteiger partial charge in [-0.15, -0.1) is 0 Å². The molecule has 0 aliphatic carbocycles. The van der Waals surface area contributed by atoms with Gasteiger partial charge in [0, 0.05) is 38.1 Å². The van der Waals surface area contributed by atoms with Crippen LogP contribution in [0, 0.1) is 13.8 Å². The van der Waals surface area contributed by atoms with Gasteiger partial charge in [0.15, 0.2) is 0 Å². The van der Waals surface area contributed by atoms with Gasteiger partial charge in [-0.05, 0) is 57.7 Å². The number of hydrogen-bond acceptors (Lipinski definition) is 4. The average Bonchev–Trinajstić information content (AvgIpc) is 3.29. The van der Waals surface area contributed by atoms with E-state index in [1.165, 1.54) is 18.5 Å². The largest absolute Gasteiger partial charge is 0.459 e. The average molecular weight is 398 g/mol. The Morgan fingerprint density at radius 2 is 1.83 bits per heavy atom. The summed E-state index contributed by atoms with van der Waals surface area (Å²) in [5, 5.41) is 0. The number of aryl methyl sites for hydroxylation is 1. The number of anilines is 1. The van der Waals surface area contributed by atoms with Crippen molar-refractivity contribution < 1.29 is 14.3 Å². The second kappa shape index (κ2) is 8.72. The molecule has 1 aliphatic heterocycles. The maximum Gasteiger partial charge on any atom is 0.340 e. The third-order valence-corrected chi connectivity index (χ3v) is 5.39. The Kier molecular flexibility index (Phi) is 6.30. The first-order chi connectivity index (χ1) is 13.8. The van der Waals surface area contributed by atoms with Crippen LogP contribution >= 0.6 is 0 Å². The van der Waals surface area contributed by atoms with Crippen molar-refractivity contribution in [3.63, 3.8) is 0 Å². The molecule has 1 aliphatic rings. The van der Waals surface area contributed by atoms with Crippen LogP contribution in [0.4, 0.5) is 5.69 Å². The van der Waals surface area contributed by atoms with Gasteiger partial charge in [0.2, 0.25) is 0 Å². The molecule has 2 heterocycles. The zero-order valence-corrected chi connectivity index (χ0v) is 18.0. The Balaban J connectivity index is 1.81. The van der Waals surface area contributed by atoms with Gasteiger partial charge in [0.1, 0.15) is 5.69 Å². The van der Waals surface area contributed by atoms with E-state index in [2.05, 4.69) is 22.0 Å². The zero-order valence-electron chi connectivity index (χ0n) is 18.0. The molecule has 1 fully saturated rings. The van der Waals surface area contributed by atoms with E-state index < -0.39 is 5.97 Å². The van der Waals surface area contributed by atoms with E-state index >= 15 is 0 Å². The third kappa shape index (κ3) is 4.47. The number of amides is 1. The number of ether oxygens (including phenoxy) is 1. The van der Waals surface area contributed by atoms with Gasteiger partial charge in [-0.25, -0.2) is 4.79 Å². The van der Waals surface area contributed by atoms with E-state index in [1.807, 2.05) is 26.0 Å². The molecule has 1 aromatic carbocycles. The van der Waals surface area contributed by atoms with Crippen molar-refractivity contribution in [1.82, 2.24) is 9.88 Å². The highest BCUT2D eigenvalue weighted by atomic mass is 16.5. The lowest BCUT2D eigenvalue weighted by Crippen LogP contribution is -2.28. The first kappa shape index (κ1) is 21.0. The standard InChI is InChI=1S/C23H31N3O3/c1-15(2)29-23(28)20-16(3)21(24-17(20)4)22(27)25(5)14-18-10-6-7-11-19(18)26-12-8-9-13-26/h6-7,10-11,15,24H,8-9,12-14H2,1-5H3. The van der Waals surface area contributed by atoms with E-state index in [0.29, 0.717) is 29.1 Å². The first-order valence-corrected chi connectivity index (χ1v) is 10.3. The van der Waals surface area contributed by atoms with Crippen LogP contribution in [0.3, 0.4) is 0 Å². The van der Waals surface area contributed by atoms with Crippen molar-refractivity contribution in [2.24, 2.45) is 0 Å². The number of aromatic nitrogens is 1. The minimum absolute atomic E-state index is 0.134. The summed E-state index contributed by atoms with van der Waals surface area (Å²) >= 11 is 0. The number of rotatable bonds is 6. The molecule has 1 N–H and O–H groups in total. The van der Waals surface area contributed by atoms with Gasteiger partial charge < -0.3 is 19.5 Å². The molecule has 0 spiro atoms. The summed E-state index contributed by atoms with van der Waals surface area (Å²) in [5.41, 5.74) is 4.52. The number of benzene rings is 1. The fourth-order valence-electron chi connectivity index (χ4n) is 3.97. The van der Waals surface area contributed by atoms with Crippen LogP contribution in [-0.2, 0) is 11.3 Å². The van der Waals surface area contributed by atoms with Gasteiger partial charge in [-0.1, -0.05) is 18.2 Å². The number of nitrogens with one attached hydrogen (secondary N) is 1. The molecule has 6 heteroatoms. The molecular weight excluding hydrogens is 366 g/mol. The summed E-state index contributed by atoms with van der Waals surface area (Å²) < 4.78 is 5.33. The number of hydrogen-bond donors (Lipinski definition) is 1. The topological polar surface area (TPSA) is 65.6 Å². The lowest BCUT2D eigenvalue weighted by molar-refractivity contribution is 0.0376. The van der Waals surface area contributed by atoms with Crippen molar-refractivity contribution in [2.75, 3.05) is 25.0 Å². The predicted molar refractivity (Wildman–Crippen MR) is 115 cm³/mol. The SMILES string of the molecule is Cc1[nH]c(C(=O)N(C)Cc2ccccc2N2CCCC2)c(C)c1C(=O)OC(C)C. The normalized spacial score (nSPS) is 13.8. The Morgan fingerprint density at radius 1 is 1.17 bits per heavy atom. The fourth-order valence-corrected chi connectivity index (χ4v) is 3.97. The summed E-state index contributed by atoms with van der Waals surface area (Å²) in [6.07, 6.45) is 2.21. The lowest BCUT2D eigenvalue weighted by atomic mass is 10.1. The van der Waals surface area contributed by atoms with Crippen LogP contribution in [0.1, 0.15) is 64.4 Å². The number of nitrogens with zero attached hydrogens (tertiary/aromatic N) is 2. The highest BCUT2D eigenvalue weighted by Gasteiger charge is 2.26. The molecular formula is C23H31N3O3. The van der Waals surface area contributed by atoms with Crippen LogP contribution in [0.15, 0.2) is 24.3 Å². The number of carbonyl (C=O) groups excluding carboxylic acids is 2. The molecule has 0 bridgehead atoms. The molecule has 0 saturated carbocycles. The Bertz CT molecular complexity index is 895. The van der Waals surface area contributed by atoms with E-state index in [0.717, 1.165) is 18.7 Å². The summed E-state index contributed by atoms with van der Waals surface area (Å²) in [5.74, 6) is -0.530. The van der Waals surface area contributed by atoms with E-state index in [1.54, 1.807) is 25.8 Å². The van der Waals surface area contributed by atoms with E-state index in [4.69, 9.17) is 4.74 Å². The van der Waals surface area contributed by atoms with Crippen LogP contribution in [0.5, 0.6) is 0 Å². The molecule has 1 aromatic heterocycles. The number of carbonyl (C=O) groups is 2. The van der Waals surface area contributed by atoms with Gasteiger partial charge in [-0.2, -0.15) is 0 Å². The van der Waals surface area contributed by atoms with Gasteiger partial charge in [0.25, 0.3) is 5.91 Å². The smallest absolute Gasteiger partial charge is 0.340 e. The summed E-state index contributed by atoms with van der Waals surface area (Å²) in [7, 11) is 1.80. The molecule has 1 saturated heterocycles. The summed E-state index contributed by atoms with van der Waals surface area (Å²) in [6, 6.07) is 8.26. The van der Waals surface area contributed by atoms with Crippen molar-refractivity contribution in [3.8, 4) is 0 Å². The summed E-state index contributed by atoms with van der Waals surface area (Å²) in [4.78, 5) is 32.7. The Hall–Kier alpha value is -2.76. The molecule has 1 amide bonds. The monoisotopic (exact) mass is 397 g/mol. The second-order valence-electron chi connectivity index (χ2n) is 8.06. The molecule has 0 radical (unpaired) electrons. The van der Waals surface area contributed by atoms with Crippen LogP contribution in [0.25, 0.3) is 0 Å². The molecule has 156 valence electrons. The maximum atomic E-state index is 13.1. The first-order valence-electron chi connectivity index (χ1n) is 10.3. The van der Waals surface area contributed by atoms with Crippen molar-refractivity contribution in [2.45, 2.75) is 53.2 Å². The minimum Gasteiger partial charge on any atom is -0.459 e. The fraction of sp³-hybridized carbons (Fsp3) is 0.478. The maximum absolute atomic E-state index is 13.1. The molecule has 29 heavy (non-hydrogen) atoms. The lowest BCUT2D eigenvalue weighted by Gasteiger charge is -2.24.